The summed E-state index contributed by atoms with van der Waals surface area (Å²) in [6.07, 6.45) is 0.726. The van der Waals surface area contributed by atoms with Crippen molar-refractivity contribution < 1.29 is 14.3 Å². The van der Waals surface area contributed by atoms with E-state index in [1.165, 1.54) is 16.4 Å². The first-order chi connectivity index (χ1) is 13.2. The fourth-order valence-electron chi connectivity index (χ4n) is 3.55. The van der Waals surface area contributed by atoms with Crippen LogP contribution >= 0.6 is 11.8 Å². The number of thioether (sulfide) groups is 1. The van der Waals surface area contributed by atoms with Crippen molar-refractivity contribution in [2.24, 2.45) is 0 Å². The molecule has 1 aromatic heterocycles. The second-order valence-electron chi connectivity index (χ2n) is 6.55. The highest BCUT2D eigenvalue weighted by Gasteiger charge is 2.43. The van der Waals surface area contributed by atoms with Crippen LogP contribution < -0.4 is 4.74 Å². The summed E-state index contributed by atoms with van der Waals surface area (Å²) < 4.78 is 12.6. The molecule has 0 aliphatic carbocycles. The summed E-state index contributed by atoms with van der Waals surface area (Å²) in [5.41, 5.74) is 1.10. The van der Waals surface area contributed by atoms with Gasteiger partial charge in [0.05, 0.1) is 25.9 Å². The number of aryl methyl sites for hydroxylation is 1. The van der Waals surface area contributed by atoms with Crippen LogP contribution in [0.4, 0.5) is 0 Å². The molecule has 3 heterocycles. The topological polar surface area (TPSA) is 69.5 Å². The van der Waals surface area contributed by atoms with Gasteiger partial charge in [0.2, 0.25) is 0 Å². The number of fused-ring (bicyclic) bond motifs is 1. The Balaban J connectivity index is 1.64. The molecular formula is C19H24N4O3S. The lowest BCUT2D eigenvalue weighted by Crippen LogP contribution is -2.44. The zero-order chi connectivity index (χ0) is 18.8. The molecule has 27 heavy (non-hydrogen) atoms. The minimum atomic E-state index is -0.262. The lowest BCUT2D eigenvalue weighted by molar-refractivity contribution is 0.0152. The number of hydrogen-bond donors (Lipinski definition) is 0. The summed E-state index contributed by atoms with van der Waals surface area (Å²) in [6, 6.07) is 8.02. The first-order valence-electron chi connectivity index (χ1n) is 9.42. The third-order valence-corrected chi connectivity index (χ3v) is 6.07. The van der Waals surface area contributed by atoms with E-state index in [1.807, 2.05) is 26.0 Å². The van der Waals surface area contributed by atoms with Gasteiger partial charge < -0.3 is 9.47 Å². The van der Waals surface area contributed by atoms with Crippen LogP contribution in [0.15, 0.2) is 29.4 Å². The van der Waals surface area contributed by atoms with Crippen molar-refractivity contribution in [3.63, 3.8) is 0 Å². The lowest BCUT2D eigenvalue weighted by atomic mass is 10.00. The van der Waals surface area contributed by atoms with E-state index in [4.69, 9.17) is 9.47 Å². The van der Waals surface area contributed by atoms with Crippen LogP contribution in [-0.2, 0) is 11.2 Å². The van der Waals surface area contributed by atoms with Gasteiger partial charge in [-0.1, -0.05) is 30.8 Å². The van der Waals surface area contributed by atoms with Crippen molar-refractivity contribution in [2.45, 2.75) is 36.7 Å². The molecule has 0 saturated carbocycles. The quantitative estimate of drug-likeness (QED) is 0.753. The maximum atomic E-state index is 13.1. The molecule has 8 heteroatoms. The molecule has 2 atom stereocenters. The van der Waals surface area contributed by atoms with Gasteiger partial charge in [0, 0.05) is 19.5 Å². The molecule has 0 amide bonds. The highest BCUT2D eigenvalue weighted by molar-refractivity contribution is 8.00. The molecule has 4 rings (SSSR count). The first kappa shape index (κ1) is 18.5. The number of morpholine rings is 1. The molecular weight excluding hydrogens is 364 g/mol. The van der Waals surface area contributed by atoms with Crippen LogP contribution in [0.25, 0.3) is 0 Å². The Bertz CT molecular complexity index is 802. The van der Waals surface area contributed by atoms with Gasteiger partial charge in [-0.15, -0.1) is 5.10 Å². The molecule has 0 radical (unpaired) electrons. The van der Waals surface area contributed by atoms with E-state index in [9.17, 15) is 4.79 Å². The van der Waals surface area contributed by atoms with Gasteiger partial charge in [0.25, 0.3) is 5.91 Å². The molecule has 0 N–H and O–H groups in total. The van der Waals surface area contributed by atoms with Crippen molar-refractivity contribution >= 4 is 17.7 Å². The largest absolute Gasteiger partial charge is 0.494 e. The number of benzene rings is 1. The Morgan fingerprint density at radius 3 is 2.63 bits per heavy atom. The number of ether oxygens (including phenoxy) is 2. The predicted molar refractivity (Wildman–Crippen MR) is 102 cm³/mol. The predicted octanol–water partition coefficient (Wildman–Crippen LogP) is 2.43. The number of rotatable bonds is 6. The molecule has 2 aliphatic heterocycles. The van der Waals surface area contributed by atoms with E-state index in [0.29, 0.717) is 30.8 Å². The highest BCUT2D eigenvalue weighted by atomic mass is 32.2. The average molecular weight is 388 g/mol. The summed E-state index contributed by atoms with van der Waals surface area (Å²) in [7, 11) is 0. The van der Waals surface area contributed by atoms with Crippen molar-refractivity contribution in [3.05, 3.63) is 35.7 Å². The fourth-order valence-corrected chi connectivity index (χ4v) is 4.83. The molecule has 1 aromatic carbocycles. The monoisotopic (exact) mass is 388 g/mol. The Labute approximate surface area is 163 Å². The Hall–Kier alpha value is -1.90. The van der Waals surface area contributed by atoms with Crippen LogP contribution in [0, 0.1) is 0 Å². The maximum absolute atomic E-state index is 13.1. The number of carbonyl (C=O) groups is 1. The Kier molecular flexibility index (Phi) is 5.47. The molecule has 0 bridgehead atoms. The third-order valence-electron chi connectivity index (χ3n) is 4.88. The van der Waals surface area contributed by atoms with Crippen molar-refractivity contribution in [1.29, 1.82) is 0 Å². The third kappa shape index (κ3) is 3.61. The Morgan fingerprint density at radius 1 is 1.26 bits per heavy atom. The molecule has 7 nitrogen and oxygen atoms in total. The summed E-state index contributed by atoms with van der Waals surface area (Å²) >= 11 is 1.52. The SMILES string of the molecule is CCOc1ccc(C(C2Sc3nc(CC)nn3C2=O)N2CCOCC2)cc1. The molecule has 144 valence electrons. The van der Waals surface area contributed by atoms with Crippen LogP contribution in [-0.4, -0.2) is 63.7 Å². The molecule has 1 saturated heterocycles. The van der Waals surface area contributed by atoms with Gasteiger partial charge in [0.1, 0.15) is 11.0 Å². The van der Waals surface area contributed by atoms with E-state index < -0.39 is 0 Å². The summed E-state index contributed by atoms with van der Waals surface area (Å²) in [6.45, 7) is 7.57. The van der Waals surface area contributed by atoms with Gasteiger partial charge in [-0.25, -0.2) is 4.98 Å². The summed E-state index contributed by atoms with van der Waals surface area (Å²) in [5.74, 6) is 1.57. The van der Waals surface area contributed by atoms with E-state index in [-0.39, 0.29) is 17.2 Å². The highest BCUT2D eigenvalue weighted by Crippen LogP contribution is 2.41. The first-order valence-corrected chi connectivity index (χ1v) is 10.3. The number of aromatic nitrogens is 3. The summed E-state index contributed by atoms with van der Waals surface area (Å²) in [4.78, 5) is 19.9. The second-order valence-corrected chi connectivity index (χ2v) is 7.66. The van der Waals surface area contributed by atoms with Gasteiger partial charge in [0.15, 0.2) is 11.0 Å². The van der Waals surface area contributed by atoms with Gasteiger partial charge in [-0.05, 0) is 24.6 Å². The average Bonchev–Trinajstić information content (AvgIpc) is 3.24. The Morgan fingerprint density at radius 2 is 2.00 bits per heavy atom. The minimum Gasteiger partial charge on any atom is -0.494 e. The van der Waals surface area contributed by atoms with Crippen molar-refractivity contribution in [2.75, 3.05) is 32.9 Å². The zero-order valence-corrected chi connectivity index (χ0v) is 16.4. The normalized spacial score (nSPS) is 21.3. The van der Waals surface area contributed by atoms with Crippen LogP contribution in [0.5, 0.6) is 5.75 Å². The van der Waals surface area contributed by atoms with Crippen LogP contribution in [0.3, 0.4) is 0 Å². The van der Waals surface area contributed by atoms with Crippen LogP contribution in [0.2, 0.25) is 0 Å². The van der Waals surface area contributed by atoms with Gasteiger partial charge >= 0.3 is 0 Å². The second kappa shape index (κ2) is 8.00. The van der Waals surface area contributed by atoms with Crippen molar-refractivity contribution in [1.82, 2.24) is 19.7 Å². The number of nitrogens with zero attached hydrogens (tertiary/aromatic N) is 4. The molecule has 2 aliphatic rings. The smallest absolute Gasteiger partial charge is 0.264 e. The molecule has 1 fully saturated rings. The van der Waals surface area contributed by atoms with Crippen LogP contribution in [0.1, 0.15) is 36.1 Å². The standard InChI is InChI=1S/C19H24N4O3S/c1-3-15-20-19-23(21-15)18(24)17(27-19)16(22-9-11-25-12-10-22)13-5-7-14(8-6-13)26-4-2/h5-8,16-17H,3-4,9-12H2,1-2H3. The molecule has 2 unspecified atom stereocenters. The van der Waals surface area contributed by atoms with E-state index >= 15 is 0 Å². The van der Waals surface area contributed by atoms with Crippen molar-refractivity contribution in [3.8, 4) is 5.75 Å². The van der Waals surface area contributed by atoms with Gasteiger partial charge in [-0.2, -0.15) is 4.68 Å². The fraction of sp³-hybridized carbons (Fsp3) is 0.526. The molecule has 2 aromatic rings. The maximum Gasteiger partial charge on any atom is 0.264 e. The van der Waals surface area contributed by atoms with Gasteiger partial charge in [-0.3, -0.25) is 9.69 Å². The minimum absolute atomic E-state index is 0.00702. The number of hydrogen-bond acceptors (Lipinski definition) is 7. The van der Waals surface area contributed by atoms with E-state index in [0.717, 1.165) is 30.8 Å². The van der Waals surface area contributed by atoms with E-state index in [2.05, 4.69) is 27.1 Å². The van der Waals surface area contributed by atoms with E-state index in [1.54, 1.807) is 0 Å². The zero-order valence-electron chi connectivity index (χ0n) is 15.6. The molecule has 0 spiro atoms. The number of carbonyl (C=O) groups excluding carboxylic acids is 1. The summed E-state index contributed by atoms with van der Waals surface area (Å²) in [5, 5.41) is 4.81. The lowest BCUT2D eigenvalue weighted by Gasteiger charge is -2.36.